The second kappa shape index (κ2) is 21.7. The van der Waals surface area contributed by atoms with Crippen LogP contribution in [0.1, 0.15) is 97.2 Å². The van der Waals surface area contributed by atoms with Crippen molar-refractivity contribution in [1.29, 1.82) is 0 Å². The summed E-state index contributed by atoms with van der Waals surface area (Å²) >= 11 is 0. The number of benzene rings is 10. The smallest absolute Gasteiger partial charge is 0.179 e. The van der Waals surface area contributed by atoms with Crippen LogP contribution in [0.25, 0.3) is 22.3 Å². The van der Waals surface area contributed by atoms with E-state index in [1.54, 1.807) is 0 Å². The highest BCUT2D eigenvalue weighted by atomic mass is 28.3. The van der Waals surface area contributed by atoms with E-state index in [1.807, 2.05) is 0 Å². The van der Waals surface area contributed by atoms with Gasteiger partial charge in [-0.3, -0.25) is 0 Å². The van der Waals surface area contributed by atoms with Crippen molar-refractivity contribution in [3.8, 4) is 22.3 Å². The predicted molar refractivity (Wildman–Crippen MR) is 346 cm³/mol. The number of hydrogen-bond donors (Lipinski definition) is 0. The molecule has 0 bridgehead atoms. The quantitative estimate of drug-likeness (QED) is 0.0889. The summed E-state index contributed by atoms with van der Waals surface area (Å²) < 4.78 is 0. The summed E-state index contributed by atoms with van der Waals surface area (Å²) in [5, 5.41) is 5.28. The van der Waals surface area contributed by atoms with E-state index in [2.05, 4.69) is 325 Å². The van der Waals surface area contributed by atoms with Crippen molar-refractivity contribution in [2.75, 3.05) is 9.80 Å². The fraction of sp³-hybridized carbons (Fsp3) is 0.211. The second-order valence-corrected chi connectivity index (χ2v) is 28.3. The van der Waals surface area contributed by atoms with E-state index < -0.39 is 8.07 Å². The third-order valence-corrected chi connectivity index (χ3v) is 21.1. The molecule has 0 fully saturated rings. The molecule has 10 rings (SSSR count). The Bertz CT molecular complexity index is 3420. The van der Waals surface area contributed by atoms with Gasteiger partial charge in [-0.15, -0.1) is 0 Å². The Hall–Kier alpha value is -7.98. The molecule has 0 amide bonds. The molecule has 0 aliphatic carbocycles. The number of hydrogen-bond acceptors (Lipinski definition) is 2. The monoisotopic (exact) mass is 1050 g/mol. The molecule has 3 heteroatoms. The molecule has 0 aliphatic rings. The van der Waals surface area contributed by atoms with Gasteiger partial charge in [0.1, 0.15) is 0 Å². The molecular weight excluding hydrogens is 969 g/mol. The first-order valence-electron chi connectivity index (χ1n) is 28.2. The third-order valence-electron chi connectivity index (χ3n) is 16.3. The summed E-state index contributed by atoms with van der Waals surface area (Å²) in [6.07, 6.45) is 0. The molecule has 0 N–H and O–H groups in total. The molecule has 0 atom stereocenters. The molecule has 0 radical (unpaired) electrons. The van der Waals surface area contributed by atoms with E-state index >= 15 is 0 Å². The van der Waals surface area contributed by atoms with E-state index in [1.165, 1.54) is 121 Å². The molecule has 10 aromatic rings. The van der Waals surface area contributed by atoms with Crippen molar-refractivity contribution in [2.45, 2.75) is 108 Å². The zero-order valence-electron chi connectivity index (χ0n) is 49.2. The van der Waals surface area contributed by atoms with Crippen LogP contribution in [-0.4, -0.2) is 8.07 Å². The molecule has 2 nitrogen and oxygen atoms in total. The molecule has 0 saturated carbocycles. The lowest BCUT2D eigenvalue weighted by Gasteiger charge is -2.36. The first-order valence-corrected chi connectivity index (χ1v) is 30.2. The van der Waals surface area contributed by atoms with Gasteiger partial charge in [-0.25, -0.2) is 0 Å². The van der Waals surface area contributed by atoms with Gasteiger partial charge in [0.15, 0.2) is 8.07 Å². The van der Waals surface area contributed by atoms with Gasteiger partial charge in [0.2, 0.25) is 0 Å². The zero-order chi connectivity index (χ0) is 56.0. The lowest BCUT2D eigenvalue weighted by Crippen LogP contribution is -2.74. The lowest BCUT2D eigenvalue weighted by atomic mass is 9.86. The molecule has 0 unspecified atom stereocenters. The van der Waals surface area contributed by atoms with E-state index in [0.29, 0.717) is 0 Å². The lowest BCUT2D eigenvalue weighted by molar-refractivity contribution is 0.590. The van der Waals surface area contributed by atoms with Gasteiger partial charge in [-0.1, -0.05) is 234 Å². The molecule has 0 heterocycles. The van der Waals surface area contributed by atoms with Crippen LogP contribution in [0.5, 0.6) is 0 Å². The van der Waals surface area contributed by atoms with Gasteiger partial charge in [0.05, 0.1) is 0 Å². The second-order valence-electron chi connectivity index (χ2n) is 24.5. The van der Waals surface area contributed by atoms with Crippen LogP contribution < -0.4 is 30.5 Å². The normalized spacial score (nSPS) is 11.9. The van der Waals surface area contributed by atoms with Crippen molar-refractivity contribution in [3.63, 3.8) is 0 Å². The van der Waals surface area contributed by atoms with Crippen LogP contribution in [0.2, 0.25) is 0 Å². The van der Waals surface area contributed by atoms with Crippen molar-refractivity contribution < 1.29 is 0 Å². The number of anilines is 6. The number of rotatable bonds is 12. The summed E-state index contributed by atoms with van der Waals surface area (Å²) in [4.78, 5) is 4.92. The molecule has 10 aromatic carbocycles. The first kappa shape index (κ1) is 54.4. The average Bonchev–Trinajstić information content (AvgIpc) is 3.57. The van der Waals surface area contributed by atoms with Crippen LogP contribution in [0.15, 0.2) is 218 Å². The predicted octanol–water partition coefficient (Wildman–Crippen LogP) is 18.4. The van der Waals surface area contributed by atoms with Crippen molar-refractivity contribution in [1.82, 2.24) is 0 Å². The minimum atomic E-state index is -3.16. The topological polar surface area (TPSA) is 6.48 Å². The summed E-state index contributed by atoms with van der Waals surface area (Å²) in [5.74, 6) is 0. The Balaban J connectivity index is 1.21. The highest BCUT2D eigenvalue weighted by molar-refractivity contribution is 7.19. The van der Waals surface area contributed by atoms with Crippen LogP contribution in [-0.2, 0) is 10.8 Å². The summed E-state index contributed by atoms with van der Waals surface area (Å²) in [5.41, 5.74) is 24.6. The molecule has 79 heavy (non-hydrogen) atoms. The Kier molecular flexibility index (Phi) is 14.9. The summed E-state index contributed by atoms with van der Waals surface area (Å²) in [7, 11) is -3.16. The summed E-state index contributed by atoms with van der Waals surface area (Å²) in [6.45, 7) is 31.4. The van der Waals surface area contributed by atoms with Crippen molar-refractivity contribution in [2.24, 2.45) is 0 Å². The zero-order valence-corrected chi connectivity index (χ0v) is 50.2. The molecule has 0 aliphatic heterocycles. The van der Waals surface area contributed by atoms with Gasteiger partial charge in [0.25, 0.3) is 0 Å². The maximum Gasteiger partial charge on any atom is 0.179 e. The third kappa shape index (κ3) is 10.9. The molecule has 0 spiro atoms. The van der Waals surface area contributed by atoms with E-state index in [0.717, 1.165) is 11.4 Å². The fourth-order valence-corrected chi connectivity index (χ4v) is 16.6. The number of nitrogens with zero attached hydrogens (tertiary/aromatic N) is 2. The minimum absolute atomic E-state index is 0.0774. The molecule has 396 valence electrons. The maximum atomic E-state index is 2.46. The highest BCUT2D eigenvalue weighted by Crippen LogP contribution is 2.41. The van der Waals surface area contributed by atoms with Gasteiger partial charge >= 0.3 is 0 Å². The Morgan fingerprint density at radius 1 is 0.253 bits per heavy atom. The van der Waals surface area contributed by atoms with Crippen LogP contribution in [0, 0.1) is 55.4 Å². The Morgan fingerprint density at radius 2 is 0.468 bits per heavy atom. The van der Waals surface area contributed by atoms with Gasteiger partial charge < -0.3 is 9.80 Å². The largest absolute Gasteiger partial charge is 0.310 e. The van der Waals surface area contributed by atoms with Crippen molar-refractivity contribution in [3.05, 3.63) is 274 Å². The van der Waals surface area contributed by atoms with E-state index in [-0.39, 0.29) is 10.8 Å². The molecular formula is C76H78N2Si. The van der Waals surface area contributed by atoms with Gasteiger partial charge in [-0.2, -0.15) is 0 Å². The fourth-order valence-electron chi connectivity index (χ4n) is 11.9. The minimum Gasteiger partial charge on any atom is -0.310 e. The average molecular weight is 1050 g/mol. The van der Waals surface area contributed by atoms with Gasteiger partial charge in [0, 0.05) is 34.1 Å². The Morgan fingerprint density at radius 3 is 0.684 bits per heavy atom. The maximum absolute atomic E-state index is 3.16. The standard InChI is InChI=1S/C76H78N2Si/c1-51-15-43-71(55(5)47-51)77(72-44-16-52(2)48-56(72)6)65-31-39-69(40-32-65)79(67-35-23-61(24-36-67)59-19-27-63(28-20-59)75(9,10)11,68-37-25-62(26-38-68)60-21-29-64(30-22-60)76(12,13)14)70-41-33-66(34-42-70)78(73-45-17-53(3)49-57(73)7)74-46-18-54(4)50-58(74)8/h15-50H,1-14H3. The van der Waals surface area contributed by atoms with E-state index in [9.17, 15) is 0 Å². The molecule has 0 saturated heterocycles. The Labute approximate surface area is 474 Å². The first-order chi connectivity index (χ1) is 37.7. The summed E-state index contributed by atoms with van der Waals surface area (Å²) in [6, 6.07) is 84.2. The van der Waals surface area contributed by atoms with E-state index in [4.69, 9.17) is 0 Å². The molecule has 0 aromatic heterocycles. The van der Waals surface area contributed by atoms with Gasteiger partial charge in [-0.05, 0) is 191 Å². The number of aryl methyl sites for hydroxylation is 8. The van der Waals surface area contributed by atoms with Crippen molar-refractivity contribution >= 4 is 62.9 Å². The van der Waals surface area contributed by atoms with Crippen LogP contribution >= 0.6 is 0 Å². The SMILES string of the molecule is Cc1ccc(N(c2ccc([Si](c3ccc(-c4ccc(C(C)(C)C)cc4)cc3)(c3ccc(-c4ccc(C(C)(C)C)cc4)cc3)c3ccc(N(c4ccc(C)cc4C)c4ccc(C)cc4C)cc3)cc2)c2ccc(C)cc2C)c(C)c1. The van der Waals surface area contributed by atoms with Crippen LogP contribution in [0.4, 0.5) is 34.1 Å². The highest BCUT2D eigenvalue weighted by Gasteiger charge is 2.42. The van der Waals surface area contributed by atoms with Crippen LogP contribution in [0.3, 0.4) is 0 Å².